The van der Waals surface area contributed by atoms with Crippen LogP contribution < -0.4 is 0 Å². The van der Waals surface area contributed by atoms with E-state index in [0.29, 0.717) is 18.6 Å². The zero-order valence-electron chi connectivity index (χ0n) is 17.3. The normalized spacial score (nSPS) is 25.7. The molecule has 2 unspecified atom stereocenters. The summed E-state index contributed by atoms with van der Waals surface area (Å²) < 4.78 is 12.3. The molecule has 146 valence electrons. The van der Waals surface area contributed by atoms with Crippen LogP contribution in [0, 0.1) is 25.7 Å². The van der Waals surface area contributed by atoms with Crippen LogP contribution in [-0.2, 0) is 11.3 Å². The lowest BCUT2D eigenvalue weighted by atomic mass is 9.79. The quantitative estimate of drug-likeness (QED) is 0.579. The highest BCUT2D eigenvalue weighted by Crippen LogP contribution is 2.45. The second kappa shape index (κ2) is 7.79. The smallest absolute Gasteiger partial charge is 0.145 e. The highest BCUT2D eigenvalue weighted by atomic mass is 16.5. The molecule has 3 atom stereocenters. The minimum Gasteiger partial charge on any atom is -0.373 e. The fraction of sp³-hybridized carbons (Fsp3) is 0.625. The predicted octanol–water partition coefficient (Wildman–Crippen LogP) is 6.57. The van der Waals surface area contributed by atoms with Gasteiger partial charge in [0.25, 0.3) is 0 Å². The summed E-state index contributed by atoms with van der Waals surface area (Å²) in [6.45, 7) is 9.63. The maximum absolute atomic E-state index is 6.49. The van der Waals surface area contributed by atoms with Gasteiger partial charge in [0.05, 0.1) is 12.7 Å². The lowest BCUT2D eigenvalue weighted by Crippen LogP contribution is -2.27. The van der Waals surface area contributed by atoms with Crippen LogP contribution in [0.1, 0.15) is 80.7 Å². The zero-order chi connectivity index (χ0) is 19.0. The highest BCUT2D eigenvalue weighted by Gasteiger charge is 2.34. The van der Waals surface area contributed by atoms with E-state index in [2.05, 4.69) is 51.1 Å². The second-order valence-electron chi connectivity index (χ2n) is 8.93. The Labute approximate surface area is 163 Å². The largest absolute Gasteiger partial charge is 0.373 e. The van der Waals surface area contributed by atoms with Crippen LogP contribution in [0.25, 0.3) is 11.3 Å². The van der Waals surface area contributed by atoms with Gasteiger partial charge in [-0.05, 0) is 68.9 Å². The first-order valence-corrected chi connectivity index (χ1v) is 10.7. The third-order valence-corrected chi connectivity index (χ3v) is 6.52. The van der Waals surface area contributed by atoms with Crippen molar-refractivity contribution < 1.29 is 9.26 Å². The molecule has 1 heterocycles. The number of nitrogens with zero attached hydrogens (tertiary/aromatic N) is 1. The van der Waals surface area contributed by atoms with Crippen LogP contribution in [-0.4, -0.2) is 11.3 Å². The van der Waals surface area contributed by atoms with Crippen molar-refractivity contribution in [3.8, 4) is 11.3 Å². The SMILES string of the molecule is CC[C@@H]1CC(C)CC(OCc2c(-c3c(C)cccc3C)noc2C2CC2)C1. The van der Waals surface area contributed by atoms with Crippen molar-refractivity contribution in [1.29, 1.82) is 0 Å². The number of aryl methyl sites for hydroxylation is 2. The maximum Gasteiger partial charge on any atom is 0.145 e. The lowest BCUT2D eigenvalue weighted by molar-refractivity contribution is -0.0127. The van der Waals surface area contributed by atoms with E-state index in [1.54, 1.807) is 0 Å². The Morgan fingerprint density at radius 3 is 2.52 bits per heavy atom. The topological polar surface area (TPSA) is 35.3 Å². The maximum atomic E-state index is 6.49. The first kappa shape index (κ1) is 18.7. The summed E-state index contributed by atoms with van der Waals surface area (Å²) in [5, 5.41) is 4.52. The lowest BCUT2D eigenvalue weighted by Gasteiger charge is -2.32. The van der Waals surface area contributed by atoms with Gasteiger partial charge in [-0.2, -0.15) is 0 Å². The number of hydrogen-bond acceptors (Lipinski definition) is 3. The molecular weight excluding hydrogens is 334 g/mol. The van der Waals surface area contributed by atoms with Crippen LogP contribution in [0.3, 0.4) is 0 Å². The van der Waals surface area contributed by atoms with E-state index >= 15 is 0 Å². The number of hydrogen-bond donors (Lipinski definition) is 0. The van der Waals surface area contributed by atoms with Gasteiger partial charge in [-0.25, -0.2) is 0 Å². The third kappa shape index (κ3) is 3.99. The molecule has 3 heteroatoms. The van der Waals surface area contributed by atoms with Gasteiger partial charge in [0.2, 0.25) is 0 Å². The Kier molecular flexibility index (Phi) is 5.41. The molecule has 2 aliphatic rings. The molecule has 0 N–H and O–H groups in total. The molecule has 3 nitrogen and oxygen atoms in total. The average Bonchev–Trinajstić information content (AvgIpc) is 3.40. The van der Waals surface area contributed by atoms with Crippen molar-refractivity contribution in [1.82, 2.24) is 5.16 Å². The van der Waals surface area contributed by atoms with Crippen LogP contribution >= 0.6 is 0 Å². The average molecular weight is 368 g/mol. The Hall–Kier alpha value is -1.61. The Balaban J connectivity index is 1.59. The van der Waals surface area contributed by atoms with Crippen LogP contribution in [0.2, 0.25) is 0 Å². The molecule has 1 aromatic heterocycles. The molecule has 0 amide bonds. The first-order valence-electron chi connectivity index (χ1n) is 10.7. The van der Waals surface area contributed by atoms with Crippen molar-refractivity contribution in [3.05, 3.63) is 40.6 Å². The second-order valence-corrected chi connectivity index (χ2v) is 8.93. The van der Waals surface area contributed by atoms with E-state index in [9.17, 15) is 0 Å². The summed E-state index contributed by atoms with van der Waals surface area (Å²) in [5.74, 6) is 3.19. The van der Waals surface area contributed by atoms with E-state index in [1.807, 2.05) is 0 Å². The molecule has 2 fully saturated rings. The van der Waals surface area contributed by atoms with E-state index in [-0.39, 0.29) is 0 Å². The summed E-state index contributed by atoms with van der Waals surface area (Å²) in [6, 6.07) is 6.43. The molecule has 27 heavy (non-hydrogen) atoms. The fourth-order valence-corrected chi connectivity index (χ4v) is 4.86. The highest BCUT2D eigenvalue weighted by molar-refractivity contribution is 5.70. The minimum atomic E-state index is 0.367. The number of rotatable bonds is 6. The van der Waals surface area contributed by atoms with Gasteiger partial charge < -0.3 is 9.26 Å². The number of benzene rings is 1. The van der Waals surface area contributed by atoms with Gasteiger partial charge in [0, 0.05) is 17.0 Å². The first-order chi connectivity index (χ1) is 13.1. The summed E-state index contributed by atoms with van der Waals surface area (Å²) >= 11 is 0. The van der Waals surface area contributed by atoms with Gasteiger partial charge in [0.1, 0.15) is 11.5 Å². The van der Waals surface area contributed by atoms with Crippen molar-refractivity contribution in [2.24, 2.45) is 11.8 Å². The molecule has 2 aliphatic carbocycles. The van der Waals surface area contributed by atoms with Gasteiger partial charge in [-0.1, -0.05) is 43.6 Å². The van der Waals surface area contributed by atoms with E-state index < -0.39 is 0 Å². The van der Waals surface area contributed by atoms with Crippen molar-refractivity contribution >= 4 is 0 Å². The molecule has 0 spiro atoms. The molecule has 0 saturated heterocycles. The summed E-state index contributed by atoms with van der Waals surface area (Å²) in [7, 11) is 0. The molecule has 4 rings (SSSR count). The van der Waals surface area contributed by atoms with E-state index in [4.69, 9.17) is 9.26 Å². The van der Waals surface area contributed by atoms with Gasteiger partial charge in [0.15, 0.2) is 0 Å². The summed E-state index contributed by atoms with van der Waals surface area (Å²) in [5.41, 5.74) is 5.92. The molecule has 0 aliphatic heterocycles. The van der Waals surface area contributed by atoms with Crippen LogP contribution in [0.5, 0.6) is 0 Å². The predicted molar refractivity (Wildman–Crippen MR) is 109 cm³/mol. The van der Waals surface area contributed by atoms with Gasteiger partial charge >= 0.3 is 0 Å². The molecule has 0 radical (unpaired) electrons. The number of aromatic nitrogens is 1. The van der Waals surface area contributed by atoms with Gasteiger partial charge in [-0.3, -0.25) is 0 Å². The fourth-order valence-electron chi connectivity index (χ4n) is 4.86. The standard InChI is InChI=1S/C24H33NO2/c1-5-18-11-15(2)12-20(13-18)26-14-21-23(25-27-24(21)19-9-10-19)22-16(3)7-6-8-17(22)4/h6-8,15,18-20H,5,9-14H2,1-4H3/t15?,18-,20?/m1/s1. The number of ether oxygens (including phenoxy) is 1. The van der Waals surface area contributed by atoms with Crippen molar-refractivity contribution in [2.75, 3.05) is 0 Å². The molecule has 1 aromatic carbocycles. The van der Waals surface area contributed by atoms with Gasteiger partial charge in [-0.15, -0.1) is 0 Å². The Morgan fingerprint density at radius 1 is 1.11 bits per heavy atom. The Morgan fingerprint density at radius 2 is 1.85 bits per heavy atom. The Bertz CT molecular complexity index is 769. The third-order valence-electron chi connectivity index (χ3n) is 6.52. The summed E-state index contributed by atoms with van der Waals surface area (Å²) in [6.07, 6.45) is 7.79. The van der Waals surface area contributed by atoms with E-state index in [1.165, 1.54) is 60.8 Å². The van der Waals surface area contributed by atoms with Crippen molar-refractivity contribution in [2.45, 2.75) is 84.8 Å². The minimum absolute atomic E-state index is 0.367. The monoisotopic (exact) mass is 367 g/mol. The molecule has 0 bridgehead atoms. The van der Waals surface area contributed by atoms with Crippen LogP contribution in [0.4, 0.5) is 0 Å². The molecule has 2 aromatic rings. The van der Waals surface area contributed by atoms with E-state index in [0.717, 1.165) is 23.3 Å². The van der Waals surface area contributed by atoms with Crippen molar-refractivity contribution in [3.63, 3.8) is 0 Å². The zero-order valence-corrected chi connectivity index (χ0v) is 17.3. The molecular formula is C24H33NO2. The van der Waals surface area contributed by atoms with Crippen LogP contribution in [0.15, 0.2) is 22.7 Å². The molecule has 2 saturated carbocycles. The summed E-state index contributed by atoms with van der Waals surface area (Å²) in [4.78, 5) is 0.